The number of piperazine rings is 1. The van der Waals surface area contributed by atoms with Crippen molar-refractivity contribution in [3.63, 3.8) is 0 Å². The van der Waals surface area contributed by atoms with E-state index >= 15 is 0 Å². The fourth-order valence-corrected chi connectivity index (χ4v) is 2.28. The quantitative estimate of drug-likeness (QED) is 0.779. The fourth-order valence-electron chi connectivity index (χ4n) is 2.03. The molecule has 0 atom stereocenters. The maximum atomic E-state index is 11.7. The summed E-state index contributed by atoms with van der Waals surface area (Å²) < 4.78 is 0. The number of anilines is 1. The second kappa shape index (κ2) is 4.89. The lowest BCUT2D eigenvalue weighted by atomic mass is 10.1. The fraction of sp³-hybridized carbons (Fsp3) is 0.417. The Morgan fingerprint density at radius 2 is 2.22 bits per heavy atom. The molecule has 96 valence electrons. The molecule has 1 fully saturated rings. The molecule has 0 spiro atoms. The molecule has 1 aromatic heterocycles. The highest BCUT2D eigenvalue weighted by atomic mass is 32.1. The summed E-state index contributed by atoms with van der Waals surface area (Å²) in [6, 6.07) is 1.87. The van der Waals surface area contributed by atoms with Crippen LogP contribution in [-0.2, 0) is 4.79 Å². The van der Waals surface area contributed by atoms with Crippen LogP contribution in [0.25, 0.3) is 0 Å². The molecular weight excluding hydrogens is 248 g/mol. The Labute approximate surface area is 112 Å². The maximum absolute atomic E-state index is 11.7. The highest BCUT2D eigenvalue weighted by molar-refractivity contribution is 7.80. The van der Waals surface area contributed by atoms with Crippen molar-refractivity contribution in [2.24, 2.45) is 5.73 Å². The molecule has 2 heterocycles. The summed E-state index contributed by atoms with van der Waals surface area (Å²) in [5.41, 5.74) is 7.51. The molecule has 0 aliphatic carbocycles. The van der Waals surface area contributed by atoms with E-state index in [-0.39, 0.29) is 5.91 Å². The van der Waals surface area contributed by atoms with Gasteiger partial charge in [0.2, 0.25) is 5.91 Å². The number of thiocarbonyl (C=S) groups is 1. The topological polar surface area (TPSA) is 62.5 Å². The van der Waals surface area contributed by atoms with E-state index in [1.807, 2.05) is 17.9 Å². The van der Waals surface area contributed by atoms with Gasteiger partial charge in [0, 0.05) is 26.3 Å². The number of hydrogen-bond acceptors (Lipinski definition) is 4. The van der Waals surface area contributed by atoms with E-state index in [2.05, 4.69) is 4.98 Å². The third kappa shape index (κ3) is 2.28. The summed E-state index contributed by atoms with van der Waals surface area (Å²) in [6.45, 7) is 3.69. The Morgan fingerprint density at radius 3 is 2.83 bits per heavy atom. The molecule has 2 rings (SSSR count). The Hall–Kier alpha value is -1.69. The van der Waals surface area contributed by atoms with Crippen molar-refractivity contribution in [3.8, 4) is 0 Å². The third-order valence-electron chi connectivity index (χ3n) is 3.14. The molecule has 0 radical (unpaired) electrons. The van der Waals surface area contributed by atoms with E-state index in [4.69, 9.17) is 18.0 Å². The normalized spacial score (nSPS) is 16.0. The number of rotatable bonds is 2. The molecule has 1 aliphatic heterocycles. The van der Waals surface area contributed by atoms with Crippen molar-refractivity contribution in [1.82, 2.24) is 9.88 Å². The molecular formula is C12H16N4OS. The van der Waals surface area contributed by atoms with Crippen molar-refractivity contribution in [2.75, 3.05) is 31.6 Å². The van der Waals surface area contributed by atoms with Gasteiger partial charge in [-0.25, -0.2) is 4.98 Å². The van der Waals surface area contributed by atoms with Crippen LogP contribution in [0.5, 0.6) is 0 Å². The van der Waals surface area contributed by atoms with Gasteiger partial charge in [0.1, 0.15) is 10.8 Å². The Bertz CT molecular complexity index is 503. The summed E-state index contributed by atoms with van der Waals surface area (Å²) in [5, 5.41) is 0. The first-order valence-corrected chi connectivity index (χ1v) is 6.16. The van der Waals surface area contributed by atoms with Crippen LogP contribution in [-0.4, -0.2) is 47.5 Å². The first-order chi connectivity index (χ1) is 8.50. The molecule has 6 heteroatoms. The Morgan fingerprint density at radius 1 is 1.50 bits per heavy atom. The molecule has 0 saturated carbocycles. The maximum Gasteiger partial charge on any atom is 0.241 e. The average Bonchev–Trinajstić information content (AvgIpc) is 2.32. The van der Waals surface area contributed by atoms with Gasteiger partial charge in [-0.15, -0.1) is 0 Å². The molecule has 0 unspecified atom stereocenters. The molecule has 1 aliphatic rings. The second-order valence-electron chi connectivity index (χ2n) is 4.43. The number of aromatic nitrogens is 1. The smallest absolute Gasteiger partial charge is 0.241 e. The summed E-state index contributed by atoms with van der Waals surface area (Å²) in [7, 11) is 1.80. The Kier molecular flexibility index (Phi) is 3.47. The van der Waals surface area contributed by atoms with E-state index in [1.165, 1.54) is 0 Å². The monoisotopic (exact) mass is 264 g/mol. The van der Waals surface area contributed by atoms with Crippen molar-refractivity contribution < 1.29 is 4.79 Å². The minimum absolute atomic E-state index is 0.0819. The lowest BCUT2D eigenvalue weighted by Gasteiger charge is -2.33. The van der Waals surface area contributed by atoms with Crippen LogP contribution in [0.1, 0.15) is 11.1 Å². The number of nitrogens with two attached hydrogens (primary N) is 1. The highest BCUT2D eigenvalue weighted by Crippen LogP contribution is 2.22. The van der Waals surface area contributed by atoms with Crippen molar-refractivity contribution in [3.05, 3.63) is 23.4 Å². The molecule has 1 amide bonds. The van der Waals surface area contributed by atoms with Crippen LogP contribution < -0.4 is 10.6 Å². The van der Waals surface area contributed by atoms with Gasteiger partial charge in [-0.1, -0.05) is 12.2 Å². The number of aryl methyl sites for hydroxylation is 1. The zero-order valence-electron chi connectivity index (χ0n) is 10.5. The lowest BCUT2D eigenvalue weighted by Crippen LogP contribution is -2.49. The van der Waals surface area contributed by atoms with Crippen LogP contribution in [0.4, 0.5) is 5.82 Å². The third-order valence-corrected chi connectivity index (χ3v) is 3.35. The summed E-state index contributed by atoms with van der Waals surface area (Å²) >= 11 is 5.07. The van der Waals surface area contributed by atoms with Crippen LogP contribution >= 0.6 is 12.2 Å². The van der Waals surface area contributed by atoms with E-state index < -0.39 is 0 Å². The number of carbonyl (C=O) groups is 1. The summed E-state index contributed by atoms with van der Waals surface area (Å²) in [5.74, 6) is 0.794. The largest absolute Gasteiger partial charge is 0.389 e. The van der Waals surface area contributed by atoms with Gasteiger partial charge >= 0.3 is 0 Å². The SMILES string of the molecule is Cc1ccnc(N2CCN(C)C(=O)C2)c1C(N)=S. The van der Waals surface area contributed by atoms with Crippen LogP contribution in [0, 0.1) is 6.92 Å². The lowest BCUT2D eigenvalue weighted by molar-refractivity contribution is -0.129. The average molecular weight is 264 g/mol. The van der Waals surface area contributed by atoms with Gasteiger partial charge in [-0.2, -0.15) is 0 Å². The van der Waals surface area contributed by atoms with E-state index in [9.17, 15) is 4.79 Å². The van der Waals surface area contributed by atoms with E-state index in [1.54, 1.807) is 18.1 Å². The van der Waals surface area contributed by atoms with E-state index in [0.29, 0.717) is 23.9 Å². The molecule has 18 heavy (non-hydrogen) atoms. The van der Waals surface area contributed by atoms with E-state index in [0.717, 1.165) is 17.7 Å². The minimum atomic E-state index is 0.0819. The van der Waals surface area contributed by atoms with Gasteiger partial charge in [0.15, 0.2) is 0 Å². The van der Waals surface area contributed by atoms with Gasteiger partial charge in [-0.05, 0) is 18.6 Å². The molecule has 0 aromatic carbocycles. The second-order valence-corrected chi connectivity index (χ2v) is 4.87. The molecule has 5 nitrogen and oxygen atoms in total. The molecule has 2 N–H and O–H groups in total. The number of carbonyl (C=O) groups excluding carboxylic acids is 1. The van der Waals surface area contributed by atoms with Gasteiger partial charge < -0.3 is 15.5 Å². The predicted molar refractivity (Wildman–Crippen MR) is 74.7 cm³/mol. The Balaban J connectivity index is 2.37. The zero-order chi connectivity index (χ0) is 13.3. The standard InChI is InChI=1S/C12H16N4OS/c1-8-3-4-14-12(10(8)11(13)18)16-6-5-15(2)9(17)7-16/h3-4H,5-7H2,1-2H3,(H2,13,18). The van der Waals surface area contributed by atoms with Crippen LogP contribution in [0.15, 0.2) is 12.3 Å². The molecule has 0 bridgehead atoms. The molecule has 1 saturated heterocycles. The summed E-state index contributed by atoms with van der Waals surface area (Å²) in [4.78, 5) is 20.0. The van der Waals surface area contributed by atoms with Crippen LogP contribution in [0.3, 0.4) is 0 Å². The minimum Gasteiger partial charge on any atom is -0.389 e. The number of likely N-dealkylation sites (N-methyl/N-ethyl adjacent to an activating group) is 1. The number of amides is 1. The molecule has 1 aromatic rings. The van der Waals surface area contributed by atoms with Crippen molar-refractivity contribution in [2.45, 2.75) is 6.92 Å². The van der Waals surface area contributed by atoms with Crippen molar-refractivity contribution >= 4 is 28.9 Å². The van der Waals surface area contributed by atoms with Gasteiger partial charge in [0.25, 0.3) is 0 Å². The van der Waals surface area contributed by atoms with Gasteiger partial charge in [0.05, 0.1) is 12.1 Å². The summed E-state index contributed by atoms with van der Waals surface area (Å²) in [6.07, 6.45) is 1.72. The van der Waals surface area contributed by atoms with Crippen LogP contribution in [0.2, 0.25) is 0 Å². The first kappa shape index (κ1) is 12.8. The zero-order valence-corrected chi connectivity index (χ0v) is 11.3. The first-order valence-electron chi connectivity index (χ1n) is 5.75. The predicted octanol–water partition coefficient (Wildman–Crippen LogP) is 0.303. The number of hydrogen-bond donors (Lipinski definition) is 1. The highest BCUT2D eigenvalue weighted by Gasteiger charge is 2.24. The van der Waals surface area contributed by atoms with Gasteiger partial charge in [-0.3, -0.25) is 4.79 Å². The number of pyridine rings is 1. The number of nitrogens with zero attached hydrogens (tertiary/aromatic N) is 3. The van der Waals surface area contributed by atoms with Crippen molar-refractivity contribution in [1.29, 1.82) is 0 Å².